The fourth-order valence-corrected chi connectivity index (χ4v) is 2.49. The Balaban J connectivity index is 2.10. The monoisotopic (exact) mass is 305 g/mol. The maximum Gasteiger partial charge on any atom is 0.274 e. The fourth-order valence-electron chi connectivity index (χ4n) is 1.83. The average molecular weight is 305 g/mol. The van der Waals surface area contributed by atoms with Crippen LogP contribution in [0.3, 0.4) is 0 Å². The summed E-state index contributed by atoms with van der Waals surface area (Å²) in [6.45, 7) is 1.80. The highest BCUT2D eigenvalue weighted by Gasteiger charge is 2.10. The van der Waals surface area contributed by atoms with Crippen molar-refractivity contribution in [1.82, 2.24) is 4.98 Å². The number of nitrogens with zero attached hydrogens (tertiary/aromatic N) is 1. The van der Waals surface area contributed by atoms with E-state index in [2.05, 4.69) is 10.3 Å². The molecular weight excluding hydrogens is 290 g/mol. The second-order valence-corrected chi connectivity index (χ2v) is 6.24. The second-order valence-electron chi connectivity index (χ2n) is 4.63. The topological polar surface area (TPSA) is 102 Å². The van der Waals surface area contributed by atoms with Gasteiger partial charge in [-0.25, -0.2) is 13.6 Å². The van der Waals surface area contributed by atoms with Gasteiger partial charge >= 0.3 is 0 Å². The molecule has 1 aromatic carbocycles. The zero-order valence-corrected chi connectivity index (χ0v) is 12.2. The molecule has 0 unspecified atom stereocenters. The Kier molecular flexibility index (Phi) is 4.35. The van der Waals surface area contributed by atoms with Gasteiger partial charge in [-0.3, -0.25) is 9.78 Å². The summed E-state index contributed by atoms with van der Waals surface area (Å²) in [4.78, 5) is 16.1. The van der Waals surface area contributed by atoms with Gasteiger partial charge < -0.3 is 5.32 Å². The van der Waals surface area contributed by atoms with Gasteiger partial charge in [0.25, 0.3) is 5.91 Å². The van der Waals surface area contributed by atoms with Crippen LogP contribution in [0, 0.1) is 6.92 Å². The number of pyridine rings is 1. The van der Waals surface area contributed by atoms with Gasteiger partial charge in [-0.2, -0.15) is 0 Å². The van der Waals surface area contributed by atoms with Crippen molar-refractivity contribution in [2.24, 2.45) is 5.14 Å². The molecule has 0 aliphatic rings. The maximum atomic E-state index is 12.1. The highest BCUT2D eigenvalue weighted by molar-refractivity contribution is 7.88. The summed E-state index contributed by atoms with van der Waals surface area (Å²) in [6.07, 6.45) is 1.55. The van der Waals surface area contributed by atoms with Crippen molar-refractivity contribution < 1.29 is 13.2 Å². The Morgan fingerprint density at radius 3 is 2.48 bits per heavy atom. The summed E-state index contributed by atoms with van der Waals surface area (Å²) in [5, 5.41) is 7.68. The molecule has 0 aliphatic heterocycles. The summed E-state index contributed by atoms with van der Waals surface area (Å²) in [5.41, 5.74) is 2.25. The third-order valence-corrected chi connectivity index (χ3v) is 3.54. The number of aromatic nitrogens is 1. The summed E-state index contributed by atoms with van der Waals surface area (Å²) < 4.78 is 22.0. The van der Waals surface area contributed by atoms with Crippen molar-refractivity contribution in [1.29, 1.82) is 0 Å². The largest absolute Gasteiger partial charge is 0.321 e. The number of benzene rings is 1. The maximum absolute atomic E-state index is 12.1. The molecule has 21 heavy (non-hydrogen) atoms. The molecule has 7 heteroatoms. The molecule has 0 spiro atoms. The zero-order valence-electron chi connectivity index (χ0n) is 11.4. The Morgan fingerprint density at radius 2 is 1.90 bits per heavy atom. The van der Waals surface area contributed by atoms with Crippen LogP contribution in [0.15, 0.2) is 42.6 Å². The smallest absolute Gasteiger partial charge is 0.274 e. The Bertz CT molecular complexity index is 755. The van der Waals surface area contributed by atoms with Crippen molar-refractivity contribution in [3.63, 3.8) is 0 Å². The SMILES string of the molecule is Cc1cccnc1C(=O)Nc1ccc(CS(N)(=O)=O)cc1. The molecule has 1 aromatic heterocycles. The molecule has 0 aliphatic carbocycles. The van der Waals surface area contributed by atoms with E-state index in [1.54, 1.807) is 49.5 Å². The van der Waals surface area contributed by atoms with E-state index in [0.29, 0.717) is 16.9 Å². The van der Waals surface area contributed by atoms with Crippen molar-refractivity contribution in [3.05, 3.63) is 59.4 Å². The highest BCUT2D eigenvalue weighted by atomic mass is 32.2. The van der Waals surface area contributed by atoms with Gasteiger partial charge in [-0.1, -0.05) is 18.2 Å². The Morgan fingerprint density at radius 1 is 1.24 bits per heavy atom. The van der Waals surface area contributed by atoms with Crippen LogP contribution in [0.1, 0.15) is 21.6 Å². The van der Waals surface area contributed by atoms with Crippen LogP contribution in [-0.4, -0.2) is 19.3 Å². The molecule has 0 bridgehead atoms. The molecular formula is C14H15N3O3S. The lowest BCUT2D eigenvalue weighted by Crippen LogP contribution is -2.16. The standard InChI is InChI=1S/C14H15N3O3S/c1-10-3-2-8-16-13(10)14(18)17-12-6-4-11(5-7-12)9-21(15,19)20/h2-8H,9H2,1H3,(H,17,18)(H2,15,19,20). The number of carbonyl (C=O) groups is 1. The van der Waals surface area contributed by atoms with Crippen LogP contribution in [0.25, 0.3) is 0 Å². The molecule has 110 valence electrons. The van der Waals surface area contributed by atoms with E-state index in [1.165, 1.54) is 0 Å². The number of amides is 1. The molecule has 6 nitrogen and oxygen atoms in total. The van der Waals surface area contributed by atoms with Gasteiger partial charge in [-0.15, -0.1) is 0 Å². The normalized spacial score (nSPS) is 11.1. The van der Waals surface area contributed by atoms with Crippen LogP contribution in [0.2, 0.25) is 0 Å². The van der Waals surface area contributed by atoms with Crippen LogP contribution < -0.4 is 10.5 Å². The third kappa shape index (κ3) is 4.37. The number of rotatable bonds is 4. The van der Waals surface area contributed by atoms with E-state index in [-0.39, 0.29) is 11.7 Å². The molecule has 0 fully saturated rings. The molecule has 1 heterocycles. The number of primary sulfonamides is 1. The molecule has 1 amide bonds. The number of carbonyl (C=O) groups excluding carboxylic acids is 1. The first-order chi connectivity index (χ1) is 9.85. The molecule has 2 rings (SSSR count). The van der Waals surface area contributed by atoms with Gasteiger partial charge in [0.15, 0.2) is 0 Å². The van der Waals surface area contributed by atoms with Gasteiger partial charge in [0.2, 0.25) is 10.0 Å². The lowest BCUT2D eigenvalue weighted by atomic mass is 10.2. The number of anilines is 1. The number of aryl methyl sites for hydroxylation is 1. The number of nitrogens with one attached hydrogen (secondary N) is 1. The van der Waals surface area contributed by atoms with E-state index in [1.807, 2.05) is 0 Å². The molecule has 0 saturated heterocycles. The number of nitrogens with two attached hydrogens (primary N) is 1. The fraction of sp³-hybridized carbons (Fsp3) is 0.143. The first-order valence-corrected chi connectivity index (χ1v) is 7.89. The number of sulfonamides is 1. The van der Waals surface area contributed by atoms with Crippen LogP contribution in [0.5, 0.6) is 0 Å². The third-order valence-electron chi connectivity index (χ3n) is 2.80. The van der Waals surface area contributed by atoms with Gasteiger partial charge in [0.05, 0.1) is 5.75 Å². The summed E-state index contributed by atoms with van der Waals surface area (Å²) in [7, 11) is -3.56. The average Bonchev–Trinajstić information content (AvgIpc) is 2.40. The molecule has 0 atom stereocenters. The first kappa shape index (κ1) is 15.1. The molecule has 3 N–H and O–H groups in total. The van der Waals surface area contributed by atoms with Gasteiger partial charge in [0, 0.05) is 11.9 Å². The lowest BCUT2D eigenvalue weighted by molar-refractivity contribution is 0.102. The summed E-state index contributed by atoms with van der Waals surface area (Å²) in [5.74, 6) is -0.548. The molecule has 2 aromatic rings. The van der Waals surface area contributed by atoms with E-state index in [9.17, 15) is 13.2 Å². The minimum atomic E-state index is -3.56. The molecule has 0 saturated carbocycles. The highest BCUT2D eigenvalue weighted by Crippen LogP contribution is 2.13. The minimum absolute atomic E-state index is 0.236. The van der Waals surface area contributed by atoms with Gasteiger partial charge in [0.1, 0.15) is 5.69 Å². The van der Waals surface area contributed by atoms with Gasteiger partial charge in [-0.05, 0) is 36.2 Å². The van der Waals surface area contributed by atoms with E-state index in [4.69, 9.17) is 5.14 Å². The van der Waals surface area contributed by atoms with Crippen LogP contribution in [0.4, 0.5) is 5.69 Å². The lowest BCUT2D eigenvalue weighted by Gasteiger charge is -2.07. The summed E-state index contributed by atoms with van der Waals surface area (Å²) in [6, 6.07) is 10.0. The zero-order chi connectivity index (χ0) is 15.5. The van der Waals surface area contributed by atoms with E-state index >= 15 is 0 Å². The van der Waals surface area contributed by atoms with Crippen LogP contribution >= 0.6 is 0 Å². The van der Waals surface area contributed by atoms with E-state index < -0.39 is 10.0 Å². The predicted octanol–water partition coefficient (Wildman–Crippen LogP) is 1.43. The molecule has 0 radical (unpaired) electrons. The minimum Gasteiger partial charge on any atom is -0.321 e. The summed E-state index contributed by atoms with van der Waals surface area (Å²) >= 11 is 0. The van der Waals surface area contributed by atoms with Crippen molar-refractivity contribution in [3.8, 4) is 0 Å². The predicted molar refractivity (Wildman–Crippen MR) is 80.2 cm³/mol. The quantitative estimate of drug-likeness (QED) is 0.892. The van der Waals surface area contributed by atoms with Crippen molar-refractivity contribution in [2.45, 2.75) is 12.7 Å². The number of hydrogen-bond donors (Lipinski definition) is 2. The Hall–Kier alpha value is -2.25. The Labute approximate surface area is 123 Å². The van der Waals surface area contributed by atoms with Crippen LogP contribution in [-0.2, 0) is 15.8 Å². The number of hydrogen-bond acceptors (Lipinski definition) is 4. The second kappa shape index (κ2) is 6.02. The van der Waals surface area contributed by atoms with Crippen molar-refractivity contribution in [2.75, 3.05) is 5.32 Å². The first-order valence-electron chi connectivity index (χ1n) is 6.17. The van der Waals surface area contributed by atoms with E-state index in [0.717, 1.165) is 5.56 Å². The van der Waals surface area contributed by atoms with Crippen molar-refractivity contribution >= 4 is 21.6 Å².